The van der Waals surface area contributed by atoms with E-state index in [1.165, 1.54) is 0 Å². The molecule has 0 fully saturated rings. The van der Waals surface area contributed by atoms with Gasteiger partial charge in [-0.05, 0) is 19.9 Å². The van der Waals surface area contributed by atoms with Crippen LogP contribution in [0.3, 0.4) is 0 Å². The molecule has 5 nitrogen and oxygen atoms in total. The predicted octanol–water partition coefficient (Wildman–Crippen LogP) is 0.233. The van der Waals surface area contributed by atoms with Crippen molar-refractivity contribution in [1.82, 2.24) is 15.1 Å². The van der Waals surface area contributed by atoms with Gasteiger partial charge >= 0.3 is 0 Å². The number of nitrogens with two attached hydrogens (primary N) is 1. The zero-order chi connectivity index (χ0) is 10.6. The van der Waals surface area contributed by atoms with Gasteiger partial charge in [-0.3, -0.25) is 4.68 Å². The van der Waals surface area contributed by atoms with Gasteiger partial charge in [0.15, 0.2) is 5.96 Å². The molecule has 0 aliphatic carbocycles. The van der Waals surface area contributed by atoms with Crippen molar-refractivity contribution in [3.05, 3.63) is 18.0 Å². The van der Waals surface area contributed by atoms with Crippen molar-refractivity contribution < 1.29 is 0 Å². The summed E-state index contributed by atoms with van der Waals surface area (Å²) in [7, 11) is 1.88. The van der Waals surface area contributed by atoms with Gasteiger partial charge in [0.05, 0.1) is 12.2 Å². The fraction of sp³-hybridized carbons (Fsp3) is 0.556. The molecule has 0 bridgehead atoms. The monoisotopic (exact) mass is 195 g/mol. The molecule has 0 amide bonds. The number of aliphatic imine (C=N–C) groups is 1. The minimum Gasteiger partial charge on any atom is -0.370 e. The van der Waals surface area contributed by atoms with Gasteiger partial charge in [-0.25, -0.2) is 4.99 Å². The fourth-order valence-electron chi connectivity index (χ4n) is 1.06. The molecule has 0 spiro atoms. The van der Waals surface area contributed by atoms with Crippen LogP contribution in [0.25, 0.3) is 0 Å². The van der Waals surface area contributed by atoms with E-state index >= 15 is 0 Å². The van der Waals surface area contributed by atoms with E-state index in [-0.39, 0.29) is 0 Å². The van der Waals surface area contributed by atoms with Crippen molar-refractivity contribution >= 4 is 5.96 Å². The summed E-state index contributed by atoms with van der Waals surface area (Å²) < 4.78 is 1.75. The first kappa shape index (κ1) is 10.6. The first-order valence-electron chi connectivity index (χ1n) is 4.63. The third-order valence-corrected chi connectivity index (χ3v) is 1.62. The maximum atomic E-state index is 5.63. The highest BCUT2D eigenvalue weighted by Gasteiger charge is 1.97. The lowest BCUT2D eigenvalue weighted by molar-refractivity contribution is 0.717. The molecule has 0 aliphatic heterocycles. The lowest BCUT2D eigenvalue weighted by atomic mass is 10.4. The Morgan fingerprint density at radius 3 is 2.93 bits per heavy atom. The fourth-order valence-corrected chi connectivity index (χ4v) is 1.06. The van der Waals surface area contributed by atoms with E-state index in [0.29, 0.717) is 18.5 Å². The molecule has 1 aromatic heterocycles. The molecule has 0 saturated carbocycles. The van der Waals surface area contributed by atoms with Crippen LogP contribution in [-0.2, 0) is 13.6 Å². The summed E-state index contributed by atoms with van der Waals surface area (Å²) in [6, 6.07) is 2.23. The molecule has 5 heteroatoms. The molecule has 0 saturated heterocycles. The number of rotatable bonds is 3. The lowest BCUT2D eigenvalue weighted by Gasteiger charge is -2.07. The van der Waals surface area contributed by atoms with Gasteiger partial charge in [0.2, 0.25) is 0 Å². The third kappa shape index (κ3) is 3.47. The average Bonchev–Trinajstić information content (AvgIpc) is 2.47. The largest absolute Gasteiger partial charge is 0.370 e. The van der Waals surface area contributed by atoms with Crippen molar-refractivity contribution in [2.45, 2.75) is 26.4 Å². The Balaban J connectivity index is 2.46. The number of nitrogens with zero attached hydrogens (tertiary/aromatic N) is 3. The number of guanidine groups is 1. The molecule has 0 aliphatic rings. The zero-order valence-corrected chi connectivity index (χ0v) is 8.86. The SMILES string of the molecule is CC(C)NC(N)=NCc1ccn(C)n1. The lowest BCUT2D eigenvalue weighted by Crippen LogP contribution is -2.36. The van der Waals surface area contributed by atoms with Crippen LogP contribution in [0.5, 0.6) is 0 Å². The summed E-state index contributed by atoms with van der Waals surface area (Å²) in [5.74, 6) is 0.464. The molecule has 14 heavy (non-hydrogen) atoms. The van der Waals surface area contributed by atoms with Crippen molar-refractivity contribution in [2.24, 2.45) is 17.8 Å². The molecule has 1 aromatic rings. The number of hydrogen-bond acceptors (Lipinski definition) is 2. The van der Waals surface area contributed by atoms with Gasteiger partial charge in [0.25, 0.3) is 0 Å². The Bertz CT molecular complexity index is 313. The van der Waals surface area contributed by atoms with Gasteiger partial charge < -0.3 is 11.1 Å². The number of nitrogens with one attached hydrogen (secondary N) is 1. The normalized spacial score (nSPS) is 12.1. The molecule has 1 heterocycles. The highest BCUT2D eigenvalue weighted by atomic mass is 15.3. The van der Waals surface area contributed by atoms with E-state index < -0.39 is 0 Å². The first-order chi connectivity index (χ1) is 6.58. The summed E-state index contributed by atoms with van der Waals surface area (Å²) in [4.78, 5) is 4.16. The highest BCUT2D eigenvalue weighted by molar-refractivity contribution is 5.77. The van der Waals surface area contributed by atoms with Crippen molar-refractivity contribution in [3.63, 3.8) is 0 Å². The molecular weight excluding hydrogens is 178 g/mol. The van der Waals surface area contributed by atoms with Crippen molar-refractivity contribution in [3.8, 4) is 0 Å². The third-order valence-electron chi connectivity index (χ3n) is 1.62. The number of hydrogen-bond donors (Lipinski definition) is 2. The Morgan fingerprint density at radius 2 is 2.43 bits per heavy atom. The van der Waals surface area contributed by atoms with Crippen LogP contribution < -0.4 is 11.1 Å². The first-order valence-corrected chi connectivity index (χ1v) is 4.63. The van der Waals surface area contributed by atoms with Crippen LogP contribution in [0.4, 0.5) is 0 Å². The summed E-state index contributed by atoms with van der Waals surface area (Å²) in [5, 5.41) is 7.20. The van der Waals surface area contributed by atoms with Gasteiger partial charge in [0.1, 0.15) is 0 Å². The average molecular weight is 195 g/mol. The molecule has 0 aromatic carbocycles. The van der Waals surface area contributed by atoms with Crippen molar-refractivity contribution in [2.75, 3.05) is 0 Å². The van der Waals surface area contributed by atoms with E-state index in [0.717, 1.165) is 5.69 Å². The van der Waals surface area contributed by atoms with Crippen LogP contribution in [0.15, 0.2) is 17.3 Å². The topological polar surface area (TPSA) is 68.2 Å². The molecule has 0 radical (unpaired) electrons. The highest BCUT2D eigenvalue weighted by Crippen LogP contribution is 1.95. The minimum atomic E-state index is 0.308. The maximum absolute atomic E-state index is 5.63. The summed E-state index contributed by atoms with van der Waals surface area (Å²) in [6.07, 6.45) is 1.89. The van der Waals surface area contributed by atoms with E-state index in [4.69, 9.17) is 5.73 Å². The van der Waals surface area contributed by atoms with Crippen LogP contribution in [-0.4, -0.2) is 21.8 Å². The molecule has 0 unspecified atom stereocenters. The smallest absolute Gasteiger partial charge is 0.189 e. The van der Waals surface area contributed by atoms with E-state index in [9.17, 15) is 0 Å². The Morgan fingerprint density at radius 1 is 1.71 bits per heavy atom. The van der Waals surface area contributed by atoms with Gasteiger partial charge in [-0.1, -0.05) is 0 Å². The second-order valence-electron chi connectivity index (χ2n) is 3.48. The Kier molecular flexibility index (Phi) is 3.50. The van der Waals surface area contributed by atoms with Gasteiger partial charge in [-0.2, -0.15) is 5.10 Å². The van der Waals surface area contributed by atoms with Crippen molar-refractivity contribution in [1.29, 1.82) is 0 Å². The number of aryl methyl sites for hydroxylation is 1. The standard InChI is InChI=1S/C9H17N5/c1-7(2)12-9(10)11-6-8-4-5-14(3)13-8/h4-5,7H,6H2,1-3H3,(H3,10,11,12). The molecule has 1 rings (SSSR count). The summed E-state index contributed by atoms with van der Waals surface area (Å²) in [6.45, 7) is 4.55. The van der Waals surface area contributed by atoms with Gasteiger partial charge in [-0.15, -0.1) is 0 Å². The van der Waals surface area contributed by atoms with Crippen LogP contribution in [0.2, 0.25) is 0 Å². The number of aromatic nitrogens is 2. The summed E-state index contributed by atoms with van der Waals surface area (Å²) in [5.41, 5.74) is 6.55. The van der Waals surface area contributed by atoms with E-state index in [1.54, 1.807) is 4.68 Å². The molecule has 0 atom stereocenters. The summed E-state index contributed by atoms with van der Waals surface area (Å²) >= 11 is 0. The second kappa shape index (κ2) is 4.64. The minimum absolute atomic E-state index is 0.308. The van der Waals surface area contributed by atoms with Crippen LogP contribution >= 0.6 is 0 Å². The second-order valence-corrected chi connectivity index (χ2v) is 3.48. The zero-order valence-electron chi connectivity index (χ0n) is 8.86. The Labute approximate surface area is 84.0 Å². The maximum Gasteiger partial charge on any atom is 0.189 e. The molecule has 3 N–H and O–H groups in total. The Hall–Kier alpha value is -1.52. The van der Waals surface area contributed by atoms with Gasteiger partial charge in [0, 0.05) is 19.3 Å². The molecule has 78 valence electrons. The van der Waals surface area contributed by atoms with E-state index in [1.807, 2.05) is 33.2 Å². The van der Waals surface area contributed by atoms with Crippen LogP contribution in [0, 0.1) is 0 Å². The quantitative estimate of drug-likeness (QED) is 0.536. The van der Waals surface area contributed by atoms with Crippen LogP contribution in [0.1, 0.15) is 19.5 Å². The van der Waals surface area contributed by atoms with E-state index in [2.05, 4.69) is 15.4 Å². The molecular formula is C9H17N5. The predicted molar refractivity (Wildman–Crippen MR) is 56.8 cm³/mol.